The van der Waals surface area contributed by atoms with Crippen LogP contribution in [0.5, 0.6) is 5.75 Å². The van der Waals surface area contributed by atoms with E-state index in [4.69, 9.17) is 4.74 Å². The summed E-state index contributed by atoms with van der Waals surface area (Å²) in [6.45, 7) is 3.88. The third kappa shape index (κ3) is 4.50. The first-order chi connectivity index (χ1) is 15.9. The largest absolute Gasteiger partial charge is 0.490 e. The highest BCUT2D eigenvalue weighted by atomic mass is 32.2. The minimum Gasteiger partial charge on any atom is -0.490 e. The van der Waals surface area contributed by atoms with Crippen LogP contribution in [0.1, 0.15) is 62.8 Å². The molecule has 1 heterocycles. The molecule has 0 aliphatic heterocycles. The highest BCUT2D eigenvalue weighted by Crippen LogP contribution is 2.45. The lowest BCUT2D eigenvalue weighted by atomic mass is 9.91. The Hall–Kier alpha value is -2.47. The Morgan fingerprint density at radius 2 is 2.06 bits per heavy atom. The number of hydrogen-bond donors (Lipinski definition) is 1. The van der Waals surface area contributed by atoms with Crippen molar-refractivity contribution in [3.8, 4) is 22.4 Å². The zero-order chi connectivity index (χ0) is 23.2. The maximum Gasteiger partial charge on any atom is 0.215 e. The lowest BCUT2D eigenvalue weighted by Gasteiger charge is -2.20. The second kappa shape index (κ2) is 8.71. The molecule has 0 radical (unpaired) electrons. The van der Waals surface area contributed by atoms with Crippen LogP contribution in [0.15, 0.2) is 41.6 Å². The number of hydrogen-bond acceptors (Lipinski definition) is 6. The van der Waals surface area contributed by atoms with E-state index >= 15 is 0 Å². The van der Waals surface area contributed by atoms with Crippen molar-refractivity contribution in [1.82, 2.24) is 9.71 Å². The molecule has 3 aliphatic rings. The Bertz CT molecular complexity index is 1290. The van der Waals surface area contributed by atoms with Gasteiger partial charge in [-0.3, -0.25) is 0 Å². The van der Waals surface area contributed by atoms with E-state index in [1.807, 2.05) is 38.2 Å². The number of aromatic nitrogens is 1. The molecule has 1 saturated carbocycles. The zero-order valence-corrected chi connectivity index (χ0v) is 20.4. The molecule has 0 spiro atoms. The maximum atomic E-state index is 12.5. The topological polar surface area (TPSA) is 92.1 Å². The molecular weight excluding hydrogens is 454 g/mol. The van der Waals surface area contributed by atoms with Crippen molar-refractivity contribution in [2.75, 3.05) is 0 Å². The molecule has 3 aliphatic carbocycles. The van der Waals surface area contributed by atoms with Gasteiger partial charge in [0.1, 0.15) is 16.8 Å². The number of rotatable bonds is 7. The lowest BCUT2D eigenvalue weighted by molar-refractivity contribution is 0.242. The summed E-state index contributed by atoms with van der Waals surface area (Å²) in [5.74, 6) is 0.587. The van der Waals surface area contributed by atoms with Crippen LogP contribution in [0.2, 0.25) is 0 Å². The van der Waals surface area contributed by atoms with Gasteiger partial charge in [-0.25, -0.2) is 18.1 Å². The van der Waals surface area contributed by atoms with Crippen LogP contribution in [0.25, 0.3) is 16.1 Å². The number of allylic oxidation sites excluding steroid dienone is 3. The molecule has 0 amide bonds. The molecule has 1 N–H and O–H groups in total. The molecule has 1 atom stereocenters. The van der Waals surface area contributed by atoms with Crippen LogP contribution in [-0.2, 0) is 10.0 Å². The van der Waals surface area contributed by atoms with Gasteiger partial charge in [-0.05, 0) is 87.3 Å². The summed E-state index contributed by atoms with van der Waals surface area (Å²) in [7, 11) is -3.20. The van der Waals surface area contributed by atoms with E-state index in [0.29, 0.717) is 11.3 Å². The van der Waals surface area contributed by atoms with Gasteiger partial charge in [-0.1, -0.05) is 6.08 Å². The minimum absolute atomic E-state index is 0.000820. The molecule has 33 heavy (non-hydrogen) atoms. The van der Waals surface area contributed by atoms with Crippen molar-refractivity contribution in [2.45, 2.75) is 69.8 Å². The fourth-order valence-corrected chi connectivity index (χ4v) is 7.24. The summed E-state index contributed by atoms with van der Waals surface area (Å²) in [5.41, 5.74) is 5.10. The van der Waals surface area contributed by atoms with Gasteiger partial charge in [0.2, 0.25) is 10.0 Å². The zero-order valence-electron chi connectivity index (χ0n) is 18.8. The van der Waals surface area contributed by atoms with Crippen molar-refractivity contribution < 1.29 is 13.2 Å². The van der Waals surface area contributed by atoms with Crippen LogP contribution >= 0.6 is 11.3 Å². The molecule has 0 saturated heterocycles. The Balaban J connectivity index is 1.39. The number of thiazole rings is 1. The summed E-state index contributed by atoms with van der Waals surface area (Å²) >= 11 is 1.61. The van der Waals surface area contributed by atoms with Crippen molar-refractivity contribution >= 4 is 26.9 Å². The molecule has 8 heteroatoms. The predicted molar refractivity (Wildman–Crippen MR) is 130 cm³/mol. The molecule has 2 aromatic rings. The molecule has 6 nitrogen and oxygen atoms in total. The third-order valence-electron chi connectivity index (χ3n) is 6.33. The quantitative estimate of drug-likeness (QED) is 0.588. The average Bonchev–Trinajstić information content (AvgIpc) is 3.43. The van der Waals surface area contributed by atoms with Crippen molar-refractivity contribution in [3.63, 3.8) is 0 Å². The van der Waals surface area contributed by atoms with E-state index in [1.54, 1.807) is 11.3 Å². The monoisotopic (exact) mass is 481 g/mol. The standard InChI is InChI=1S/C25H27N3O3S2/c1-15(2)31-23-11-6-16(12-17(23)13-26)25-27-14-24(32-25)21-5-3-4-20-19(21)9-10-22(20)28-33(29,30)18-7-8-18/h5-6,11-12,14-15,18,22,28H,3-4,7-10H2,1-2H3/t22-/m0/s1. The summed E-state index contributed by atoms with van der Waals surface area (Å²) in [6.07, 6.45) is 9.23. The summed E-state index contributed by atoms with van der Waals surface area (Å²) in [6, 6.07) is 7.76. The fraction of sp³-hybridized carbons (Fsp3) is 0.440. The van der Waals surface area contributed by atoms with Crippen LogP contribution in [0, 0.1) is 11.3 Å². The van der Waals surface area contributed by atoms with Gasteiger partial charge in [-0.2, -0.15) is 5.26 Å². The Morgan fingerprint density at radius 1 is 1.24 bits per heavy atom. The Kier molecular flexibility index (Phi) is 5.89. The maximum absolute atomic E-state index is 12.5. The molecule has 172 valence electrons. The molecule has 5 rings (SSSR count). The molecule has 1 aromatic carbocycles. The molecule has 1 fully saturated rings. The van der Waals surface area contributed by atoms with Crippen LogP contribution in [-0.4, -0.2) is 30.8 Å². The predicted octanol–water partition coefficient (Wildman–Crippen LogP) is 5.19. The van der Waals surface area contributed by atoms with Gasteiger partial charge in [0, 0.05) is 17.8 Å². The molecule has 0 unspecified atom stereocenters. The fourth-order valence-electron chi connectivity index (χ4n) is 4.65. The van der Waals surface area contributed by atoms with Crippen molar-refractivity contribution in [3.05, 3.63) is 52.1 Å². The van der Waals surface area contributed by atoms with Gasteiger partial charge < -0.3 is 4.74 Å². The van der Waals surface area contributed by atoms with E-state index in [-0.39, 0.29) is 17.4 Å². The molecular formula is C25H27N3O3S2. The summed E-state index contributed by atoms with van der Waals surface area (Å²) < 4.78 is 33.7. The Labute approximate surface area is 199 Å². The van der Waals surface area contributed by atoms with Crippen molar-refractivity contribution in [1.29, 1.82) is 5.26 Å². The van der Waals surface area contributed by atoms with Crippen LogP contribution < -0.4 is 9.46 Å². The number of nitrogens with one attached hydrogen (secondary N) is 1. The summed E-state index contributed by atoms with van der Waals surface area (Å²) in [4.78, 5) is 5.73. The first kappa shape index (κ1) is 22.3. The van der Waals surface area contributed by atoms with Gasteiger partial charge in [0.05, 0.1) is 21.8 Å². The Morgan fingerprint density at radius 3 is 2.79 bits per heavy atom. The molecule has 0 bridgehead atoms. The summed E-state index contributed by atoms with van der Waals surface area (Å²) in [5, 5.41) is 10.2. The SMILES string of the molecule is CC(C)Oc1ccc(-c2ncc(C3=CCCC4=C3CC[C@@H]4NS(=O)(=O)C3CC3)s2)cc1C#N. The van der Waals surface area contributed by atoms with Crippen LogP contribution in [0.3, 0.4) is 0 Å². The second-order valence-electron chi connectivity index (χ2n) is 9.13. The highest BCUT2D eigenvalue weighted by Gasteiger charge is 2.39. The minimum atomic E-state index is -3.20. The van der Waals surface area contributed by atoms with Gasteiger partial charge in [0.15, 0.2) is 0 Å². The van der Waals surface area contributed by atoms with E-state index < -0.39 is 10.0 Å². The second-order valence-corrected chi connectivity index (χ2v) is 12.2. The first-order valence-corrected chi connectivity index (χ1v) is 13.8. The normalized spacial score (nSPS) is 20.5. The van der Waals surface area contributed by atoms with E-state index in [1.165, 1.54) is 16.7 Å². The number of benzene rings is 1. The van der Waals surface area contributed by atoms with Crippen molar-refractivity contribution in [2.24, 2.45) is 0 Å². The van der Waals surface area contributed by atoms with Gasteiger partial charge in [0.25, 0.3) is 0 Å². The van der Waals surface area contributed by atoms with Gasteiger partial charge in [-0.15, -0.1) is 11.3 Å². The molecule has 1 aromatic heterocycles. The van der Waals surface area contributed by atoms with E-state index in [9.17, 15) is 13.7 Å². The third-order valence-corrected chi connectivity index (χ3v) is 9.37. The number of ether oxygens (including phenoxy) is 1. The van der Waals surface area contributed by atoms with Gasteiger partial charge >= 0.3 is 0 Å². The lowest BCUT2D eigenvalue weighted by Crippen LogP contribution is -2.37. The van der Waals surface area contributed by atoms with E-state index in [2.05, 4.69) is 21.9 Å². The average molecular weight is 482 g/mol. The highest BCUT2D eigenvalue weighted by molar-refractivity contribution is 7.90. The number of nitrogens with zero attached hydrogens (tertiary/aromatic N) is 2. The number of nitriles is 1. The smallest absolute Gasteiger partial charge is 0.215 e. The van der Waals surface area contributed by atoms with Crippen LogP contribution in [0.4, 0.5) is 0 Å². The first-order valence-electron chi connectivity index (χ1n) is 11.5. The van der Waals surface area contributed by atoms with E-state index in [0.717, 1.165) is 54.0 Å². The number of sulfonamides is 1.